The minimum atomic E-state index is -1.99. The van der Waals surface area contributed by atoms with Gasteiger partial charge in [0, 0.05) is 0 Å². The van der Waals surface area contributed by atoms with Gasteiger partial charge in [0.15, 0.2) is 0 Å². The molecule has 1 aromatic carbocycles. The molecule has 0 saturated heterocycles. The monoisotopic (exact) mass is 488 g/mol. The van der Waals surface area contributed by atoms with Gasteiger partial charge in [0.05, 0.1) is 0 Å². The summed E-state index contributed by atoms with van der Waals surface area (Å²) >= 11 is 0.211. The van der Waals surface area contributed by atoms with Crippen LogP contribution in [0.4, 0.5) is 0 Å². The third-order valence-corrected chi connectivity index (χ3v) is 15.1. The Balaban J connectivity index is 2.74. The number of rotatable bonds is 14. The number of benzene rings is 1. The maximum absolute atomic E-state index is 10.9. The van der Waals surface area contributed by atoms with E-state index in [1.165, 1.54) is 4.46 Å². The zero-order valence-electron chi connectivity index (χ0n) is 19.6. The summed E-state index contributed by atoms with van der Waals surface area (Å²) in [5.74, 6) is 0. The molecule has 29 heavy (non-hydrogen) atoms. The molecule has 0 saturated carbocycles. The van der Waals surface area contributed by atoms with Crippen molar-refractivity contribution in [3.8, 4) is 0 Å². The average Bonchev–Trinajstić information content (AvgIpc) is 2.65. The van der Waals surface area contributed by atoms with Crippen LogP contribution in [0.3, 0.4) is 0 Å². The Kier molecular flexibility index (Phi) is 12.3. The van der Waals surface area contributed by atoms with Crippen LogP contribution in [0.5, 0.6) is 0 Å². The van der Waals surface area contributed by atoms with Crippen molar-refractivity contribution in [1.82, 2.24) is 0 Å². The van der Waals surface area contributed by atoms with Crippen molar-refractivity contribution in [3.63, 3.8) is 0 Å². The second-order valence-electron chi connectivity index (χ2n) is 9.20. The standard InChI is InChI=1S/C24H44O3SeSi/c1-8-9-15-24(28-22-13-11-10-12-14-22)23(26)16-21(25)17-27-29(18(2)3,19(4)5)20(6)7/h10-14,18-21,23-26H,8-9,15-17H2,1-7H3/t21-,23+,24+/m0/s1. The van der Waals surface area contributed by atoms with Crippen molar-refractivity contribution in [2.24, 2.45) is 0 Å². The summed E-state index contributed by atoms with van der Waals surface area (Å²) in [6.45, 7) is 16.1. The molecule has 0 radical (unpaired) electrons. The average molecular weight is 488 g/mol. The predicted molar refractivity (Wildman–Crippen MR) is 129 cm³/mol. The molecule has 1 rings (SSSR count). The molecule has 1 aromatic rings. The molecule has 0 aliphatic carbocycles. The van der Waals surface area contributed by atoms with Crippen molar-refractivity contribution < 1.29 is 14.6 Å². The summed E-state index contributed by atoms with van der Waals surface area (Å²) in [5.41, 5.74) is 1.50. The Morgan fingerprint density at radius 1 is 0.931 bits per heavy atom. The Bertz CT molecular complexity index is 529. The number of unbranched alkanes of at least 4 members (excludes halogenated alkanes) is 1. The first-order valence-electron chi connectivity index (χ1n) is 11.4. The van der Waals surface area contributed by atoms with Gasteiger partial charge in [-0.05, 0) is 0 Å². The quantitative estimate of drug-likeness (QED) is 0.350. The van der Waals surface area contributed by atoms with Crippen LogP contribution in [0.15, 0.2) is 30.3 Å². The number of hydrogen-bond acceptors (Lipinski definition) is 3. The van der Waals surface area contributed by atoms with Crippen LogP contribution >= 0.6 is 0 Å². The van der Waals surface area contributed by atoms with E-state index >= 15 is 0 Å². The fraction of sp³-hybridized carbons (Fsp3) is 0.750. The predicted octanol–water partition coefficient (Wildman–Crippen LogP) is 5.30. The zero-order chi connectivity index (χ0) is 22.0. The Labute approximate surface area is 186 Å². The van der Waals surface area contributed by atoms with E-state index in [1.54, 1.807) is 0 Å². The van der Waals surface area contributed by atoms with E-state index in [9.17, 15) is 10.2 Å². The molecule has 0 heterocycles. The summed E-state index contributed by atoms with van der Waals surface area (Å²) in [6, 6.07) is 10.5. The first-order valence-corrected chi connectivity index (χ1v) is 15.3. The molecule has 3 nitrogen and oxygen atoms in total. The van der Waals surface area contributed by atoms with Crippen LogP contribution in [0, 0.1) is 0 Å². The van der Waals surface area contributed by atoms with E-state index in [2.05, 4.69) is 72.7 Å². The van der Waals surface area contributed by atoms with Gasteiger partial charge in [-0.1, -0.05) is 0 Å². The van der Waals surface area contributed by atoms with Gasteiger partial charge in [-0.15, -0.1) is 0 Å². The van der Waals surface area contributed by atoms with Gasteiger partial charge in [-0.3, -0.25) is 0 Å². The van der Waals surface area contributed by atoms with Gasteiger partial charge in [0.2, 0.25) is 0 Å². The topological polar surface area (TPSA) is 49.7 Å². The Morgan fingerprint density at radius 2 is 1.48 bits per heavy atom. The van der Waals surface area contributed by atoms with Gasteiger partial charge < -0.3 is 0 Å². The molecule has 3 atom stereocenters. The third kappa shape index (κ3) is 8.12. The van der Waals surface area contributed by atoms with E-state index in [-0.39, 0.29) is 19.8 Å². The number of aliphatic hydroxyl groups is 2. The molecule has 0 aliphatic heterocycles. The first kappa shape index (κ1) is 26.9. The SMILES string of the molecule is CCCC[C@@H]([Se]c1ccccc1)[C@H](O)C[C@H](O)CO[Si](C(C)C)(C(C)C)C(C)C. The van der Waals surface area contributed by atoms with Crippen molar-refractivity contribution in [2.75, 3.05) is 6.61 Å². The van der Waals surface area contributed by atoms with Crippen LogP contribution in [0.25, 0.3) is 0 Å². The van der Waals surface area contributed by atoms with Crippen LogP contribution < -0.4 is 4.46 Å². The zero-order valence-corrected chi connectivity index (χ0v) is 22.3. The number of hydrogen-bond donors (Lipinski definition) is 2. The van der Waals surface area contributed by atoms with Crippen LogP contribution in [0.2, 0.25) is 21.4 Å². The van der Waals surface area contributed by atoms with Crippen molar-refractivity contribution in [2.45, 2.75) is 108 Å². The molecule has 0 fully saturated rings. The molecule has 0 aromatic heterocycles. The molecule has 2 N–H and O–H groups in total. The maximum atomic E-state index is 10.9. The Hall–Kier alpha value is -0.164. The summed E-state index contributed by atoms with van der Waals surface area (Å²) < 4.78 is 7.86. The molecular weight excluding hydrogens is 443 g/mol. The number of aliphatic hydroxyl groups excluding tert-OH is 2. The van der Waals surface area contributed by atoms with Crippen molar-refractivity contribution in [1.29, 1.82) is 0 Å². The molecular formula is C24H44O3SeSi. The van der Waals surface area contributed by atoms with E-state index in [4.69, 9.17) is 4.43 Å². The van der Waals surface area contributed by atoms with Crippen LogP contribution in [-0.2, 0) is 4.43 Å². The minimum absolute atomic E-state index is 0.211. The van der Waals surface area contributed by atoms with Gasteiger partial charge in [-0.2, -0.15) is 0 Å². The van der Waals surface area contributed by atoms with Crippen molar-refractivity contribution in [3.05, 3.63) is 30.3 Å². The van der Waals surface area contributed by atoms with E-state index in [0.29, 0.717) is 29.7 Å². The van der Waals surface area contributed by atoms with Gasteiger partial charge in [0.25, 0.3) is 0 Å². The molecule has 0 spiro atoms. The summed E-state index contributed by atoms with van der Waals surface area (Å²) in [4.78, 5) is 0.238. The van der Waals surface area contributed by atoms with Gasteiger partial charge in [-0.25, -0.2) is 0 Å². The fourth-order valence-electron chi connectivity index (χ4n) is 4.65. The Morgan fingerprint density at radius 3 is 1.97 bits per heavy atom. The van der Waals surface area contributed by atoms with E-state index in [0.717, 1.165) is 19.3 Å². The summed E-state index contributed by atoms with van der Waals surface area (Å²) in [7, 11) is -1.99. The van der Waals surface area contributed by atoms with E-state index in [1.807, 2.05) is 6.07 Å². The molecule has 0 bridgehead atoms. The summed E-state index contributed by atoms with van der Waals surface area (Å²) in [6.07, 6.45) is 2.58. The second kappa shape index (κ2) is 13.3. The molecule has 168 valence electrons. The molecule has 0 amide bonds. The molecule has 0 unspecified atom stereocenters. The first-order chi connectivity index (χ1) is 13.6. The normalized spacial score (nSPS) is 15.9. The van der Waals surface area contributed by atoms with Crippen LogP contribution in [-0.4, -0.2) is 52.3 Å². The van der Waals surface area contributed by atoms with E-state index < -0.39 is 20.5 Å². The second-order valence-corrected chi connectivity index (χ2v) is 17.4. The fourth-order valence-corrected chi connectivity index (χ4v) is 12.7. The molecule has 0 aliphatic rings. The molecule has 5 heteroatoms. The third-order valence-electron chi connectivity index (χ3n) is 6.05. The van der Waals surface area contributed by atoms with Gasteiger partial charge >= 0.3 is 187 Å². The van der Waals surface area contributed by atoms with Crippen molar-refractivity contribution >= 4 is 27.7 Å². The van der Waals surface area contributed by atoms with Crippen LogP contribution in [0.1, 0.15) is 74.1 Å². The van der Waals surface area contributed by atoms with Gasteiger partial charge in [0.1, 0.15) is 0 Å². The summed E-state index contributed by atoms with van der Waals surface area (Å²) in [5, 5.41) is 21.6.